The summed E-state index contributed by atoms with van der Waals surface area (Å²) in [5, 5.41) is 3.73. The van der Waals surface area contributed by atoms with Crippen LogP contribution < -0.4 is 11.1 Å². The van der Waals surface area contributed by atoms with Crippen molar-refractivity contribution in [1.29, 1.82) is 0 Å². The Morgan fingerprint density at radius 2 is 2.14 bits per heavy atom. The van der Waals surface area contributed by atoms with Gasteiger partial charge in [0.25, 0.3) is 0 Å². The molecule has 3 nitrogen and oxygen atoms in total. The molecule has 0 unspecified atom stereocenters. The average molecular weight is 215 g/mol. The van der Waals surface area contributed by atoms with Crippen LogP contribution in [0.1, 0.15) is 24.6 Å². The number of hydrogen-bond acceptors (Lipinski definition) is 3. The first-order valence-electron chi connectivity index (χ1n) is 4.99. The van der Waals surface area contributed by atoms with E-state index in [0.29, 0.717) is 11.1 Å². The fraction of sp³-hybridized carbons (Fsp3) is 0.600. The van der Waals surface area contributed by atoms with E-state index < -0.39 is 0 Å². The normalized spacial score (nSPS) is 21.0. The molecule has 1 saturated heterocycles. The van der Waals surface area contributed by atoms with Gasteiger partial charge in [-0.15, -0.1) is 0 Å². The Bertz CT molecular complexity index is 294. The molecule has 3 N–H and O–H groups in total. The molecule has 0 aromatic carbocycles. The lowest BCUT2D eigenvalue weighted by Gasteiger charge is -2.26. The van der Waals surface area contributed by atoms with Crippen molar-refractivity contribution in [2.75, 3.05) is 13.1 Å². The minimum absolute atomic E-state index is 0.00963. The summed E-state index contributed by atoms with van der Waals surface area (Å²) in [5.74, 6) is 1.32. The predicted octanol–water partition coefficient (Wildman–Crippen LogP) is 1.93. The zero-order valence-electron chi connectivity index (χ0n) is 8.00. The van der Waals surface area contributed by atoms with Crippen LogP contribution in [0.15, 0.2) is 16.5 Å². The highest BCUT2D eigenvalue weighted by Crippen LogP contribution is 2.28. The Morgan fingerprint density at radius 1 is 1.43 bits per heavy atom. The van der Waals surface area contributed by atoms with Crippen molar-refractivity contribution in [2.24, 2.45) is 11.7 Å². The highest BCUT2D eigenvalue weighted by atomic mass is 35.5. The van der Waals surface area contributed by atoms with Gasteiger partial charge in [-0.25, -0.2) is 0 Å². The van der Waals surface area contributed by atoms with Crippen LogP contribution in [0.3, 0.4) is 0 Å². The van der Waals surface area contributed by atoms with Gasteiger partial charge in [0.05, 0.1) is 6.04 Å². The molecule has 1 aromatic heterocycles. The molecule has 1 aliphatic rings. The molecule has 0 amide bonds. The van der Waals surface area contributed by atoms with Gasteiger partial charge in [0.2, 0.25) is 0 Å². The molecular weight excluding hydrogens is 200 g/mol. The minimum atomic E-state index is -0.00963. The molecule has 78 valence electrons. The number of halogens is 1. The molecule has 0 spiro atoms. The third-order valence-corrected chi connectivity index (χ3v) is 3.02. The molecule has 2 heterocycles. The number of rotatable bonds is 2. The van der Waals surface area contributed by atoms with Crippen LogP contribution in [-0.2, 0) is 0 Å². The van der Waals surface area contributed by atoms with Crippen LogP contribution in [0.2, 0.25) is 5.22 Å². The second kappa shape index (κ2) is 4.34. The molecule has 1 aliphatic heterocycles. The lowest BCUT2D eigenvalue weighted by Crippen LogP contribution is -2.33. The van der Waals surface area contributed by atoms with Crippen molar-refractivity contribution in [3.63, 3.8) is 0 Å². The molecule has 14 heavy (non-hydrogen) atoms. The predicted molar refractivity (Wildman–Crippen MR) is 56.2 cm³/mol. The Labute approximate surface area is 88.6 Å². The maximum atomic E-state index is 6.10. The van der Waals surface area contributed by atoms with Gasteiger partial charge in [-0.2, -0.15) is 0 Å². The van der Waals surface area contributed by atoms with E-state index in [9.17, 15) is 0 Å². The quantitative estimate of drug-likeness (QED) is 0.791. The molecule has 0 aliphatic carbocycles. The number of furan rings is 1. The molecule has 0 bridgehead atoms. The van der Waals surface area contributed by atoms with E-state index in [4.69, 9.17) is 21.8 Å². The topological polar surface area (TPSA) is 51.2 Å². The molecule has 4 heteroatoms. The molecule has 1 fully saturated rings. The lowest BCUT2D eigenvalue weighted by molar-refractivity contribution is 0.292. The van der Waals surface area contributed by atoms with Crippen LogP contribution in [0, 0.1) is 5.92 Å². The molecule has 0 saturated carbocycles. The zero-order valence-corrected chi connectivity index (χ0v) is 8.76. The van der Waals surface area contributed by atoms with Crippen molar-refractivity contribution in [1.82, 2.24) is 5.32 Å². The van der Waals surface area contributed by atoms with E-state index >= 15 is 0 Å². The van der Waals surface area contributed by atoms with E-state index in [1.165, 1.54) is 0 Å². The third kappa shape index (κ3) is 2.11. The summed E-state index contributed by atoms with van der Waals surface area (Å²) >= 11 is 5.71. The van der Waals surface area contributed by atoms with E-state index in [1.54, 1.807) is 6.07 Å². The van der Waals surface area contributed by atoms with E-state index in [-0.39, 0.29) is 6.04 Å². The largest absolute Gasteiger partial charge is 0.448 e. The highest BCUT2D eigenvalue weighted by Gasteiger charge is 2.23. The summed E-state index contributed by atoms with van der Waals surface area (Å²) in [6, 6.07) is 3.61. The van der Waals surface area contributed by atoms with Gasteiger partial charge >= 0.3 is 0 Å². The van der Waals surface area contributed by atoms with Gasteiger partial charge in [-0.1, -0.05) is 0 Å². The first kappa shape index (κ1) is 10.0. The average Bonchev–Trinajstić information content (AvgIpc) is 2.65. The van der Waals surface area contributed by atoms with Crippen LogP contribution >= 0.6 is 11.6 Å². The van der Waals surface area contributed by atoms with E-state index in [2.05, 4.69) is 5.32 Å². The summed E-state index contributed by atoms with van der Waals surface area (Å²) < 4.78 is 5.32. The lowest BCUT2D eigenvalue weighted by atomic mass is 9.89. The first-order valence-corrected chi connectivity index (χ1v) is 5.36. The molecule has 1 aromatic rings. The maximum Gasteiger partial charge on any atom is 0.193 e. The molecule has 1 atom stereocenters. The zero-order chi connectivity index (χ0) is 9.97. The maximum absolute atomic E-state index is 6.10. The summed E-state index contributed by atoms with van der Waals surface area (Å²) in [7, 11) is 0. The number of hydrogen-bond donors (Lipinski definition) is 2. The Balaban J connectivity index is 2.03. The Kier molecular flexibility index (Phi) is 3.11. The van der Waals surface area contributed by atoms with Crippen molar-refractivity contribution >= 4 is 11.6 Å². The number of piperidine rings is 1. The second-order valence-corrected chi connectivity index (χ2v) is 4.13. The highest BCUT2D eigenvalue weighted by molar-refractivity contribution is 6.28. The standard InChI is InChI=1S/C10H15ClN2O/c11-9-2-1-8(14-9)10(12)7-3-5-13-6-4-7/h1-2,7,10,13H,3-6,12H2/t10-/m1/s1. The van der Waals surface area contributed by atoms with Gasteiger partial charge < -0.3 is 15.5 Å². The smallest absolute Gasteiger partial charge is 0.193 e. The van der Waals surface area contributed by atoms with Crippen molar-refractivity contribution < 1.29 is 4.42 Å². The van der Waals surface area contributed by atoms with E-state index in [1.807, 2.05) is 6.07 Å². The number of nitrogens with two attached hydrogens (primary N) is 1. The van der Waals surface area contributed by atoms with Crippen LogP contribution in [0.25, 0.3) is 0 Å². The monoisotopic (exact) mass is 214 g/mol. The second-order valence-electron chi connectivity index (χ2n) is 3.76. The fourth-order valence-corrected chi connectivity index (χ4v) is 2.10. The van der Waals surface area contributed by atoms with Crippen molar-refractivity contribution in [2.45, 2.75) is 18.9 Å². The van der Waals surface area contributed by atoms with Gasteiger partial charge in [-0.05, 0) is 55.6 Å². The summed E-state index contributed by atoms with van der Waals surface area (Å²) in [6.07, 6.45) is 2.22. The Hall–Kier alpha value is -0.510. The first-order chi connectivity index (χ1) is 6.77. The van der Waals surface area contributed by atoms with Crippen molar-refractivity contribution in [3.05, 3.63) is 23.1 Å². The molecule has 0 radical (unpaired) electrons. The van der Waals surface area contributed by atoms with Gasteiger partial charge in [-0.3, -0.25) is 0 Å². The minimum Gasteiger partial charge on any atom is -0.448 e. The van der Waals surface area contributed by atoms with Crippen LogP contribution in [-0.4, -0.2) is 13.1 Å². The molecular formula is C10H15ClN2O. The van der Waals surface area contributed by atoms with Gasteiger partial charge in [0.1, 0.15) is 5.76 Å². The van der Waals surface area contributed by atoms with E-state index in [0.717, 1.165) is 31.7 Å². The number of nitrogens with one attached hydrogen (secondary N) is 1. The SMILES string of the molecule is N[C@@H](c1ccc(Cl)o1)C1CCNCC1. The van der Waals surface area contributed by atoms with Gasteiger partial charge in [0, 0.05) is 0 Å². The Morgan fingerprint density at radius 3 is 2.71 bits per heavy atom. The van der Waals surface area contributed by atoms with Crippen molar-refractivity contribution in [3.8, 4) is 0 Å². The fourth-order valence-electron chi connectivity index (χ4n) is 1.94. The van der Waals surface area contributed by atoms with Crippen LogP contribution in [0.4, 0.5) is 0 Å². The summed E-state index contributed by atoms with van der Waals surface area (Å²) in [4.78, 5) is 0. The summed E-state index contributed by atoms with van der Waals surface area (Å²) in [5.41, 5.74) is 6.10. The van der Waals surface area contributed by atoms with Gasteiger partial charge in [0.15, 0.2) is 5.22 Å². The van der Waals surface area contributed by atoms with Crippen LogP contribution in [0.5, 0.6) is 0 Å². The molecule has 2 rings (SSSR count). The third-order valence-electron chi connectivity index (χ3n) is 2.81. The summed E-state index contributed by atoms with van der Waals surface area (Å²) in [6.45, 7) is 2.10.